The molecule has 86 valence electrons. The van der Waals surface area contributed by atoms with Crippen molar-refractivity contribution in [3.63, 3.8) is 0 Å². The van der Waals surface area contributed by atoms with Crippen molar-refractivity contribution < 1.29 is 0 Å². The van der Waals surface area contributed by atoms with Gasteiger partial charge in [-0.1, -0.05) is 56.6 Å². The Hall–Kier alpha value is -1.77. The van der Waals surface area contributed by atoms with E-state index in [1.807, 2.05) is 24.3 Å². The molecule has 0 aliphatic heterocycles. The number of hydrogen-bond acceptors (Lipinski definition) is 2. The number of allylic oxidation sites excluding steroid dienone is 1. The fourth-order valence-electron chi connectivity index (χ4n) is 1.38. The molecule has 2 nitrogen and oxygen atoms in total. The third-order valence-corrected chi connectivity index (χ3v) is 2.85. The van der Waals surface area contributed by atoms with Crippen LogP contribution in [0.15, 0.2) is 29.8 Å². The summed E-state index contributed by atoms with van der Waals surface area (Å²) >= 11 is 5.97. The van der Waals surface area contributed by atoms with Crippen LogP contribution in [0.5, 0.6) is 0 Å². The van der Waals surface area contributed by atoms with Crippen LogP contribution in [0.2, 0.25) is 0 Å². The maximum absolute atomic E-state index is 8.73. The highest BCUT2D eigenvalue weighted by molar-refractivity contribution is 6.49. The van der Waals surface area contributed by atoms with Crippen molar-refractivity contribution in [2.24, 2.45) is 0 Å². The molecule has 0 heterocycles. The molecular weight excluding hydrogens is 232 g/mol. The third-order valence-electron chi connectivity index (χ3n) is 2.45. The molecule has 0 aromatic heterocycles. The minimum Gasteiger partial charge on any atom is -0.192 e. The van der Waals surface area contributed by atoms with Gasteiger partial charge in [-0.05, 0) is 16.5 Å². The first-order valence-electron chi connectivity index (χ1n) is 5.21. The van der Waals surface area contributed by atoms with E-state index in [4.69, 9.17) is 22.1 Å². The van der Waals surface area contributed by atoms with Crippen LogP contribution in [0.4, 0.5) is 0 Å². The summed E-state index contributed by atoms with van der Waals surface area (Å²) < 4.78 is 0. The topological polar surface area (TPSA) is 47.6 Å². The molecule has 0 N–H and O–H groups in total. The smallest absolute Gasteiger partial charge is 0.148 e. The molecule has 17 heavy (non-hydrogen) atoms. The molecule has 0 saturated heterocycles. The lowest BCUT2D eigenvalue weighted by Gasteiger charge is -2.19. The molecular formula is C14H13ClN2. The number of benzene rings is 1. The van der Waals surface area contributed by atoms with Crippen LogP contribution in [0.3, 0.4) is 0 Å². The van der Waals surface area contributed by atoms with Crippen molar-refractivity contribution >= 4 is 16.6 Å². The molecule has 1 rings (SSSR count). The summed E-state index contributed by atoms with van der Waals surface area (Å²) in [7, 11) is 0. The molecule has 0 amide bonds. The van der Waals surface area contributed by atoms with Gasteiger partial charge in [-0.25, -0.2) is 0 Å². The van der Waals surface area contributed by atoms with Crippen LogP contribution < -0.4 is 0 Å². The molecule has 1 aromatic carbocycles. The van der Waals surface area contributed by atoms with Crippen molar-refractivity contribution in [3.8, 4) is 12.1 Å². The Morgan fingerprint density at radius 3 is 1.88 bits per heavy atom. The molecule has 0 radical (unpaired) electrons. The van der Waals surface area contributed by atoms with Crippen LogP contribution in [-0.2, 0) is 5.41 Å². The Kier molecular flexibility index (Phi) is 3.94. The summed E-state index contributed by atoms with van der Waals surface area (Å²) in [5.41, 5.74) is 1.89. The van der Waals surface area contributed by atoms with Gasteiger partial charge in [-0.3, -0.25) is 0 Å². The monoisotopic (exact) mass is 244 g/mol. The number of halogens is 1. The van der Waals surface area contributed by atoms with Gasteiger partial charge in [0, 0.05) is 0 Å². The van der Waals surface area contributed by atoms with Gasteiger partial charge in [0.25, 0.3) is 0 Å². The van der Waals surface area contributed by atoms with Gasteiger partial charge >= 0.3 is 0 Å². The Balaban J connectivity index is 3.19. The first-order chi connectivity index (χ1) is 7.90. The van der Waals surface area contributed by atoms with Crippen molar-refractivity contribution in [2.45, 2.75) is 26.2 Å². The van der Waals surface area contributed by atoms with E-state index < -0.39 is 0 Å². The van der Waals surface area contributed by atoms with Crippen LogP contribution >= 0.6 is 11.6 Å². The first-order valence-corrected chi connectivity index (χ1v) is 5.59. The van der Waals surface area contributed by atoms with Crippen molar-refractivity contribution in [1.82, 2.24) is 0 Å². The minimum atomic E-state index is -0.0600. The van der Waals surface area contributed by atoms with Crippen LogP contribution in [0, 0.1) is 22.7 Å². The summed E-state index contributed by atoms with van der Waals surface area (Å²) in [6.45, 7) is 6.36. The summed E-state index contributed by atoms with van der Waals surface area (Å²) in [6.07, 6.45) is 0. The zero-order valence-corrected chi connectivity index (χ0v) is 10.8. The zero-order chi connectivity index (χ0) is 13.1. The molecule has 0 aliphatic rings. The van der Waals surface area contributed by atoms with Crippen molar-refractivity contribution in [3.05, 3.63) is 41.0 Å². The minimum absolute atomic E-state index is 0.0600. The van der Waals surface area contributed by atoms with E-state index in [-0.39, 0.29) is 16.0 Å². The molecule has 0 saturated carbocycles. The molecule has 0 fully saturated rings. The molecule has 1 aromatic rings. The average Bonchev–Trinajstić information content (AvgIpc) is 2.29. The molecule has 0 aliphatic carbocycles. The van der Waals surface area contributed by atoms with E-state index >= 15 is 0 Å². The Morgan fingerprint density at radius 1 is 1.06 bits per heavy atom. The second-order valence-corrected chi connectivity index (χ2v) is 5.12. The maximum atomic E-state index is 8.73. The Labute approximate surface area is 107 Å². The number of hydrogen-bond donors (Lipinski definition) is 0. The van der Waals surface area contributed by atoms with E-state index in [1.165, 1.54) is 5.56 Å². The number of nitrogens with zero attached hydrogens (tertiary/aromatic N) is 2. The van der Waals surface area contributed by atoms with Crippen molar-refractivity contribution in [1.29, 1.82) is 10.5 Å². The van der Waals surface area contributed by atoms with Gasteiger partial charge in [0.05, 0.1) is 5.03 Å². The lowest BCUT2D eigenvalue weighted by Crippen LogP contribution is -2.10. The van der Waals surface area contributed by atoms with Gasteiger partial charge in [-0.15, -0.1) is 0 Å². The van der Waals surface area contributed by atoms with Crippen LogP contribution in [-0.4, -0.2) is 0 Å². The predicted molar refractivity (Wildman–Crippen MR) is 69.1 cm³/mol. The second-order valence-electron chi connectivity index (χ2n) is 4.74. The average molecular weight is 245 g/mol. The van der Waals surface area contributed by atoms with E-state index in [9.17, 15) is 0 Å². The molecule has 0 spiro atoms. The fourth-order valence-corrected chi connectivity index (χ4v) is 1.59. The lowest BCUT2D eigenvalue weighted by atomic mass is 9.86. The quantitative estimate of drug-likeness (QED) is 0.702. The predicted octanol–water partition coefficient (Wildman–Crippen LogP) is 3.98. The van der Waals surface area contributed by atoms with Gasteiger partial charge in [0.2, 0.25) is 0 Å². The van der Waals surface area contributed by atoms with Crippen molar-refractivity contribution in [2.75, 3.05) is 0 Å². The maximum Gasteiger partial charge on any atom is 0.148 e. The molecule has 3 heteroatoms. The summed E-state index contributed by atoms with van der Waals surface area (Å²) in [6, 6.07) is 11.1. The Bertz CT molecular complexity index is 503. The summed E-state index contributed by atoms with van der Waals surface area (Å²) in [5.74, 6) is 0. The molecule has 0 unspecified atom stereocenters. The SMILES string of the molecule is CC(C)(C)c1ccc(C(Cl)=C(C#N)C#N)cc1. The summed E-state index contributed by atoms with van der Waals surface area (Å²) in [5, 5.41) is 17.7. The number of rotatable bonds is 1. The van der Waals surface area contributed by atoms with Crippen LogP contribution in [0.25, 0.3) is 5.03 Å². The largest absolute Gasteiger partial charge is 0.192 e. The first kappa shape index (κ1) is 13.3. The highest BCUT2D eigenvalue weighted by atomic mass is 35.5. The van der Waals surface area contributed by atoms with E-state index in [1.54, 1.807) is 12.1 Å². The Morgan fingerprint density at radius 2 is 1.53 bits per heavy atom. The molecule has 0 bridgehead atoms. The normalized spacial score (nSPS) is 10.2. The highest BCUT2D eigenvalue weighted by Crippen LogP contribution is 2.27. The third kappa shape index (κ3) is 3.09. The number of nitriles is 2. The van der Waals surface area contributed by atoms with Crippen LogP contribution in [0.1, 0.15) is 31.9 Å². The van der Waals surface area contributed by atoms with E-state index in [0.717, 1.165) is 0 Å². The summed E-state index contributed by atoms with van der Waals surface area (Å²) in [4.78, 5) is 0. The zero-order valence-electron chi connectivity index (χ0n) is 10.1. The molecule has 0 atom stereocenters. The van der Waals surface area contributed by atoms with Gasteiger partial charge in [0.1, 0.15) is 17.7 Å². The second kappa shape index (κ2) is 5.04. The van der Waals surface area contributed by atoms with Gasteiger partial charge in [-0.2, -0.15) is 10.5 Å². The fraction of sp³-hybridized carbons (Fsp3) is 0.286. The van der Waals surface area contributed by atoms with Gasteiger partial charge < -0.3 is 0 Å². The van der Waals surface area contributed by atoms with E-state index in [2.05, 4.69) is 20.8 Å². The highest BCUT2D eigenvalue weighted by Gasteiger charge is 2.14. The standard InChI is InChI=1S/C14H13ClN2/c1-14(2,3)12-6-4-10(5-7-12)13(15)11(8-16)9-17/h4-7H,1-3H3. The van der Waals surface area contributed by atoms with E-state index in [0.29, 0.717) is 5.56 Å². The van der Waals surface area contributed by atoms with Gasteiger partial charge in [0.15, 0.2) is 0 Å². The lowest BCUT2D eigenvalue weighted by molar-refractivity contribution is 0.590.